The van der Waals surface area contributed by atoms with Gasteiger partial charge in [0.1, 0.15) is 0 Å². The van der Waals surface area contributed by atoms with Gasteiger partial charge in [0.15, 0.2) is 0 Å². The van der Waals surface area contributed by atoms with E-state index in [2.05, 4.69) is 5.32 Å². The zero-order valence-electron chi connectivity index (χ0n) is 11.4. The Labute approximate surface area is 108 Å². The SMILES string of the molecule is CNc1ccccc1C(=O)OCCC(C)(C)OC. The van der Waals surface area contributed by atoms with E-state index in [-0.39, 0.29) is 11.6 Å². The molecule has 0 fully saturated rings. The lowest BCUT2D eigenvalue weighted by Crippen LogP contribution is -2.25. The van der Waals surface area contributed by atoms with Gasteiger partial charge in [-0.25, -0.2) is 4.79 Å². The molecule has 0 saturated carbocycles. The Morgan fingerprint density at radius 2 is 2.00 bits per heavy atom. The van der Waals surface area contributed by atoms with Crippen molar-refractivity contribution in [3.63, 3.8) is 0 Å². The number of methoxy groups -OCH3 is 1. The average molecular weight is 251 g/mol. The topological polar surface area (TPSA) is 47.6 Å². The van der Waals surface area contributed by atoms with Crippen LogP contribution in [0.5, 0.6) is 0 Å². The summed E-state index contributed by atoms with van der Waals surface area (Å²) in [4.78, 5) is 11.9. The maximum absolute atomic E-state index is 11.9. The molecule has 0 radical (unpaired) electrons. The van der Waals surface area contributed by atoms with E-state index in [0.717, 1.165) is 5.69 Å². The molecule has 0 aliphatic carbocycles. The van der Waals surface area contributed by atoms with Gasteiger partial charge in [-0.05, 0) is 26.0 Å². The molecule has 1 aromatic carbocycles. The maximum Gasteiger partial charge on any atom is 0.340 e. The summed E-state index contributed by atoms with van der Waals surface area (Å²) in [7, 11) is 3.43. The van der Waals surface area contributed by atoms with Gasteiger partial charge in [0, 0.05) is 26.3 Å². The van der Waals surface area contributed by atoms with Gasteiger partial charge < -0.3 is 14.8 Å². The Bertz CT molecular complexity index is 402. The molecule has 1 rings (SSSR count). The summed E-state index contributed by atoms with van der Waals surface area (Å²) in [6.07, 6.45) is 0.664. The number of hydrogen-bond acceptors (Lipinski definition) is 4. The number of esters is 1. The van der Waals surface area contributed by atoms with Crippen LogP contribution >= 0.6 is 0 Å². The van der Waals surface area contributed by atoms with E-state index < -0.39 is 0 Å². The first-order valence-electron chi connectivity index (χ1n) is 5.99. The molecule has 0 spiro atoms. The Morgan fingerprint density at radius 3 is 2.61 bits per heavy atom. The number of ether oxygens (including phenoxy) is 2. The van der Waals surface area contributed by atoms with Gasteiger partial charge in [0.2, 0.25) is 0 Å². The van der Waals surface area contributed by atoms with Crippen molar-refractivity contribution in [2.75, 3.05) is 26.1 Å². The number of anilines is 1. The molecule has 1 aromatic rings. The Kier molecular flexibility index (Phi) is 5.16. The standard InChI is InChI=1S/C14H21NO3/c1-14(2,17-4)9-10-18-13(16)11-7-5-6-8-12(11)15-3/h5-8,15H,9-10H2,1-4H3. The van der Waals surface area contributed by atoms with Gasteiger partial charge in [-0.1, -0.05) is 12.1 Å². The van der Waals surface area contributed by atoms with Gasteiger partial charge in [0.25, 0.3) is 0 Å². The number of nitrogens with one attached hydrogen (secondary N) is 1. The highest BCUT2D eigenvalue weighted by Gasteiger charge is 2.18. The molecule has 0 aliphatic heterocycles. The second-order valence-electron chi connectivity index (χ2n) is 4.65. The highest BCUT2D eigenvalue weighted by Crippen LogP contribution is 2.17. The molecule has 0 aromatic heterocycles. The number of hydrogen-bond donors (Lipinski definition) is 1. The molecule has 18 heavy (non-hydrogen) atoms. The number of rotatable bonds is 6. The Hall–Kier alpha value is -1.55. The van der Waals surface area contributed by atoms with E-state index in [1.165, 1.54) is 0 Å². The minimum absolute atomic E-state index is 0.275. The Balaban J connectivity index is 2.56. The van der Waals surface area contributed by atoms with Crippen molar-refractivity contribution in [2.24, 2.45) is 0 Å². The van der Waals surface area contributed by atoms with E-state index >= 15 is 0 Å². The summed E-state index contributed by atoms with van der Waals surface area (Å²) in [5.41, 5.74) is 1.05. The normalized spacial score (nSPS) is 11.1. The fourth-order valence-corrected chi connectivity index (χ4v) is 1.45. The van der Waals surface area contributed by atoms with Crippen LogP contribution in [0.2, 0.25) is 0 Å². The van der Waals surface area contributed by atoms with Crippen molar-refractivity contribution in [3.05, 3.63) is 29.8 Å². The molecule has 4 nitrogen and oxygen atoms in total. The molecule has 0 atom stereocenters. The molecule has 4 heteroatoms. The molecule has 0 unspecified atom stereocenters. The molecular formula is C14H21NO3. The molecular weight excluding hydrogens is 230 g/mol. The van der Waals surface area contributed by atoms with Crippen LogP contribution < -0.4 is 5.32 Å². The third kappa shape index (κ3) is 4.04. The lowest BCUT2D eigenvalue weighted by atomic mass is 10.1. The van der Waals surface area contributed by atoms with Crippen LogP contribution in [0.15, 0.2) is 24.3 Å². The van der Waals surface area contributed by atoms with Crippen molar-refractivity contribution < 1.29 is 14.3 Å². The van der Waals surface area contributed by atoms with Crippen LogP contribution in [0, 0.1) is 0 Å². The highest BCUT2D eigenvalue weighted by atomic mass is 16.5. The van der Waals surface area contributed by atoms with Crippen molar-refractivity contribution in [1.82, 2.24) is 0 Å². The minimum Gasteiger partial charge on any atom is -0.462 e. The second kappa shape index (κ2) is 6.40. The van der Waals surface area contributed by atoms with Crippen LogP contribution in [-0.4, -0.2) is 32.3 Å². The van der Waals surface area contributed by atoms with Gasteiger partial charge in [-0.15, -0.1) is 0 Å². The van der Waals surface area contributed by atoms with Gasteiger partial charge >= 0.3 is 5.97 Å². The number of benzene rings is 1. The van der Waals surface area contributed by atoms with Crippen LogP contribution in [0.25, 0.3) is 0 Å². The summed E-state index contributed by atoms with van der Waals surface area (Å²) >= 11 is 0. The highest BCUT2D eigenvalue weighted by molar-refractivity contribution is 5.95. The minimum atomic E-state index is -0.313. The summed E-state index contributed by atoms with van der Waals surface area (Å²) in [6, 6.07) is 7.28. The van der Waals surface area contributed by atoms with Crippen molar-refractivity contribution in [3.8, 4) is 0 Å². The van der Waals surface area contributed by atoms with Crippen LogP contribution in [0.4, 0.5) is 5.69 Å². The first-order chi connectivity index (χ1) is 8.50. The molecule has 100 valence electrons. The summed E-state index contributed by atoms with van der Waals surface area (Å²) < 4.78 is 10.5. The largest absolute Gasteiger partial charge is 0.462 e. The molecule has 1 N–H and O–H groups in total. The van der Waals surface area contributed by atoms with Crippen molar-refractivity contribution in [1.29, 1.82) is 0 Å². The molecule has 0 heterocycles. The fraction of sp³-hybridized carbons (Fsp3) is 0.500. The smallest absolute Gasteiger partial charge is 0.340 e. The molecule has 0 saturated heterocycles. The summed E-state index contributed by atoms with van der Waals surface area (Å²) in [6.45, 7) is 4.27. The Morgan fingerprint density at radius 1 is 1.33 bits per heavy atom. The third-order valence-electron chi connectivity index (χ3n) is 2.91. The van der Waals surface area contributed by atoms with Gasteiger partial charge in [0.05, 0.1) is 17.8 Å². The zero-order valence-corrected chi connectivity index (χ0v) is 11.4. The summed E-state index contributed by atoms with van der Waals surface area (Å²) in [5, 5.41) is 2.97. The lowest BCUT2D eigenvalue weighted by Gasteiger charge is -2.22. The van der Waals surface area contributed by atoms with Gasteiger partial charge in [-0.2, -0.15) is 0 Å². The summed E-state index contributed by atoms with van der Waals surface area (Å²) in [5.74, 6) is -0.313. The van der Waals surface area contributed by atoms with Crippen molar-refractivity contribution in [2.45, 2.75) is 25.9 Å². The first kappa shape index (κ1) is 14.5. The zero-order chi connectivity index (χ0) is 13.6. The predicted octanol–water partition coefficient (Wildman–Crippen LogP) is 2.70. The van der Waals surface area contributed by atoms with E-state index in [1.54, 1.807) is 20.2 Å². The van der Waals surface area contributed by atoms with E-state index in [9.17, 15) is 4.79 Å². The number of carbonyl (C=O) groups is 1. The predicted molar refractivity (Wildman–Crippen MR) is 72.0 cm³/mol. The number of carbonyl (C=O) groups excluding carboxylic acids is 1. The maximum atomic E-state index is 11.9. The van der Waals surface area contributed by atoms with Crippen LogP contribution in [0.3, 0.4) is 0 Å². The molecule has 0 amide bonds. The monoisotopic (exact) mass is 251 g/mol. The number of para-hydroxylation sites is 1. The van der Waals surface area contributed by atoms with E-state index in [1.807, 2.05) is 32.0 Å². The van der Waals surface area contributed by atoms with Crippen LogP contribution in [0.1, 0.15) is 30.6 Å². The quantitative estimate of drug-likeness (QED) is 0.790. The van der Waals surface area contributed by atoms with E-state index in [4.69, 9.17) is 9.47 Å². The first-order valence-corrected chi connectivity index (χ1v) is 5.99. The van der Waals surface area contributed by atoms with Crippen molar-refractivity contribution >= 4 is 11.7 Å². The lowest BCUT2D eigenvalue weighted by molar-refractivity contribution is -0.00560. The van der Waals surface area contributed by atoms with Crippen LogP contribution in [-0.2, 0) is 9.47 Å². The van der Waals surface area contributed by atoms with Gasteiger partial charge in [-0.3, -0.25) is 0 Å². The molecule has 0 bridgehead atoms. The van der Waals surface area contributed by atoms with E-state index in [0.29, 0.717) is 18.6 Å². The average Bonchev–Trinajstić information content (AvgIpc) is 2.38. The second-order valence-corrected chi connectivity index (χ2v) is 4.65. The molecule has 0 aliphatic rings. The third-order valence-corrected chi connectivity index (χ3v) is 2.91. The fourth-order valence-electron chi connectivity index (χ4n) is 1.45.